The first kappa shape index (κ1) is 15.4. The van der Waals surface area contributed by atoms with E-state index in [1.165, 1.54) is 12.5 Å². The minimum atomic E-state index is -0.151. The fourth-order valence-electron chi connectivity index (χ4n) is 3.12. The Kier molecular flexibility index (Phi) is 5.95. The molecular formula is C16H25FN2O. The van der Waals surface area contributed by atoms with Crippen molar-refractivity contribution in [3.8, 4) is 0 Å². The molecule has 1 saturated heterocycles. The largest absolute Gasteiger partial charge is 0.395 e. The third-order valence-electron chi connectivity index (χ3n) is 4.10. The molecule has 1 heterocycles. The highest BCUT2D eigenvalue weighted by atomic mass is 19.1. The van der Waals surface area contributed by atoms with E-state index in [9.17, 15) is 9.50 Å². The molecule has 1 aliphatic heterocycles. The van der Waals surface area contributed by atoms with Crippen molar-refractivity contribution in [2.24, 2.45) is 0 Å². The van der Waals surface area contributed by atoms with E-state index < -0.39 is 0 Å². The molecule has 3 nitrogen and oxygen atoms in total. The standard InChI is InChI=1S/C16H25FN2O/c1-2-16(14-7-3-4-8-15(14)17)19(10-11-20)12-13-6-5-9-18-13/h3-4,7-8,13,16,18,20H,2,5-6,9-12H2,1H3. The zero-order chi connectivity index (χ0) is 14.4. The van der Waals surface area contributed by atoms with E-state index >= 15 is 0 Å². The Labute approximate surface area is 120 Å². The molecule has 0 aliphatic carbocycles. The second kappa shape index (κ2) is 7.72. The van der Waals surface area contributed by atoms with Crippen LogP contribution in [0.4, 0.5) is 4.39 Å². The Balaban J connectivity index is 2.13. The lowest BCUT2D eigenvalue weighted by molar-refractivity contribution is 0.134. The van der Waals surface area contributed by atoms with Crippen molar-refractivity contribution in [2.75, 3.05) is 26.2 Å². The highest BCUT2D eigenvalue weighted by Crippen LogP contribution is 2.27. The molecule has 2 atom stereocenters. The van der Waals surface area contributed by atoms with Crippen molar-refractivity contribution in [1.82, 2.24) is 10.2 Å². The summed E-state index contributed by atoms with van der Waals surface area (Å²) in [6, 6.07) is 7.47. The van der Waals surface area contributed by atoms with Crippen molar-refractivity contribution in [3.63, 3.8) is 0 Å². The quantitative estimate of drug-likeness (QED) is 0.804. The van der Waals surface area contributed by atoms with Gasteiger partial charge in [0.25, 0.3) is 0 Å². The third kappa shape index (κ3) is 3.78. The van der Waals surface area contributed by atoms with Gasteiger partial charge >= 0.3 is 0 Å². The second-order valence-corrected chi connectivity index (χ2v) is 5.46. The Morgan fingerprint density at radius 3 is 2.85 bits per heavy atom. The van der Waals surface area contributed by atoms with Crippen LogP contribution in [-0.2, 0) is 0 Å². The van der Waals surface area contributed by atoms with Crippen LogP contribution in [0.5, 0.6) is 0 Å². The molecule has 0 radical (unpaired) electrons. The van der Waals surface area contributed by atoms with E-state index in [0.717, 1.165) is 31.5 Å². The van der Waals surface area contributed by atoms with Gasteiger partial charge in [-0.25, -0.2) is 4.39 Å². The maximum absolute atomic E-state index is 14.0. The van der Waals surface area contributed by atoms with Crippen molar-refractivity contribution in [2.45, 2.75) is 38.3 Å². The summed E-state index contributed by atoms with van der Waals surface area (Å²) in [5, 5.41) is 12.8. The molecule has 1 fully saturated rings. The SMILES string of the molecule is CCC(c1ccccc1F)N(CCO)CC1CCCN1. The van der Waals surface area contributed by atoms with Gasteiger partial charge in [-0.1, -0.05) is 25.1 Å². The molecule has 4 heteroatoms. The molecule has 2 unspecified atom stereocenters. The van der Waals surface area contributed by atoms with Gasteiger partial charge in [-0.05, 0) is 31.9 Å². The Hall–Kier alpha value is -0.970. The van der Waals surface area contributed by atoms with Gasteiger partial charge in [0.05, 0.1) is 6.61 Å². The number of nitrogens with one attached hydrogen (secondary N) is 1. The zero-order valence-corrected chi connectivity index (χ0v) is 12.2. The fourth-order valence-corrected chi connectivity index (χ4v) is 3.12. The first-order valence-electron chi connectivity index (χ1n) is 7.59. The fraction of sp³-hybridized carbons (Fsp3) is 0.625. The number of hydrogen-bond donors (Lipinski definition) is 2. The van der Waals surface area contributed by atoms with Crippen LogP contribution in [0.25, 0.3) is 0 Å². The number of aliphatic hydroxyl groups excluding tert-OH is 1. The van der Waals surface area contributed by atoms with E-state index in [1.807, 2.05) is 12.1 Å². The first-order valence-corrected chi connectivity index (χ1v) is 7.59. The van der Waals surface area contributed by atoms with E-state index in [0.29, 0.717) is 12.6 Å². The van der Waals surface area contributed by atoms with Crippen LogP contribution in [-0.4, -0.2) is 42.3 Å². The number of nitrogens with zero attached hydrogens (tertiary/aromatic N) is 1. The minimum absolute atomic E-state index is 0.0331. The molecular weight excluding hydrogens is 255 g/mol. The number of benzene rings is 1. The maximum atomic E-state index is 14.0. The normalized spacial score (nSPS) is 20.5. The summed E-state index contributed by atoms with van der Waals surface area (Å²) in [4.78, 5) is 2.21. The molecule has 0 spiro atoms. The van der Waals surface area contributed by atoms with Crippen molar-refractivity contribution in [1.29, 1.82) is 0 Å². The van der Waals surface area contributed by atoms with Crippen LogP contribution < -0.4 is 5.32 Å². The van der Waals surface area contributed by atoms with Crippen LogP contribution in [0.15, 0.2) is 24.3 Å². The summed E-state index contributed by atoms with van der Waals surface area (Å²) in [6.07, 6.45) is 3.21. The van der Waals surface area contributed by atoms with Crippen molar-refractivity contribution in [3.05, 3.63) is 35.6 Å². The van der Waals surface area contributed by atoms with Gasteiger partial charge in [-0.15, -0.1) is 0 Å². The van der Waals surface area contributed by atoms with Crippen LogP contribution in [0.1, 0.15) is 37.8 Å². The lowest BCUT2D eigenvalue weighted by Gasteiger charge is -2.33. The van der Waals surface area contributed by atoms with E-state index in [4.69, 9.17) is 0 Å². The molecule has 1 aromatic carbocycles. The summed E-state index contributed by atoms with van der Waals surface area (Å²) < 4.78 is 14.0. The van der Waals surface area contributed by atoms with Gasteiger partial charge in [0.15, 0.2) is 0 Å². The van der Waals surface area contributed by atoms with Gasteiger partial charge in [0.2, 0.25) is 0 Å². The third-order valence-corrected chi connectivity index (χ3v) is 4.10. The zero-order valence-electron chi connectivity index (χ0n) is 12.2. The molecule has 0 amide bonds. The van der Waals surface area contributed by atoms with Gasteiger partial charge in [0, 0.05) is 30.7 Å². The molecule has 112 valence electrons. The molecule has 20 heavy (non-hydrogen) atoms. The summed E-state index contributed by atoms with van der Waals surface area (Å²) >= 11 is 0. The smallest absolute Gasteiger partial charge is 0.127 e. The van der Waals surface area contributed by atoms with Crippen molar-refractivity contribution >= 4 is 0 Å². The molecule has 0 bridgehead atoms. The predicted octanol–water partition coefficient (Wildman–Crippen LogP) is 2.32. The highest BCUT2D eigenvalue weighted by Gasteiger charge is 2.25. The van der Waals surface area contributed by atoms with Crippen LogP contribution in [0.2, 0.25) is 0 Å². The summed E-state index contributed by atoms with van der Waals surface area (Å²) in [5.41, 5.74) is 0.737. The van der Waals surface area contributed by atoms with Crippen LogP contribution in [0.3, 0.4) is 0 Å². The average molecular weight is 280 g/mol. The van der Waals surface area contributed by atoms with E-state index in [1.54, 1.807) is 6.07 Å². The first-order chi connectivity index (χ1) is 9.76. The van der Waals surface area contributed by atoms with Gasteiger partial charge in [0.1, 0.15) is 5.82 Å². The summed E-state index contributed by atoms with van der Waals surface area (Å²) in [6.45, 7) is 4.70. The topological polar surface area (TPSA) is 35.5 Å². The predicted molar refractivity (Wildman–Crippen MR) is 79.1 cm³/mol. The summed E-state index contributed by atoms with van der Waals surface area (Å²) in [5.74, 6) is -0.151. The lowest BCUT2D eigenvalue weighted by atomic mass is 10.0. The molecule has 0 saturated carbocycles. The van der Waals surface area contributed by atoms with E-state index in [-0.39, 0.29) is 18.5 Å². The van der Waals surface area contributed by atoms with Crippen LogP contribution in [0, 0.1) is 5.82 Å². The molecule has 1 aliphatic rings. The molecule has 2 rings (SSSR count). The molecule has 0 aromatic heterocycles. The highest BCUT2D eigenvalue weighted by molar-refractivity contribution is 5.21. The maximum Gasteiger partial charge on any atom is 0.127 e. The second-order valence-electron chi connectivity index (χ2n) is 5.46. The summed E-state index contributed by atoms with van der Waals surface area (Å²) in [7, 11) is 0. The Morgan fingerprint density at radius 2 is 2.25 bits per heavy atom. The van der Waals surface area contributed by atoms with E-state index in [2.05, 4.69) is 17.1 Å². The number of rotatable bonds is 7. The number of hydrogen-bond acceptors (Lipinski definition) is 3. The number of halogens is 1. The Morgan fingerprint density at radius 1 is 1.45 bits per heavy atom. The molecule has 1 aromatic rings. The van der Waals surface area contributed by atoms with Crippen molar-refractivity contribution < 1.29 is 9.50 Å². The van der Waals surface area contributed by atoms with Gasteiger partial charge < -0.3 is 10.4 Å². The monoisotopic (exact) mass is 280 g/mol. The molecule has 2 N–H and O–H groups in total. The lowest BCUT2D eigenvalue weighted by Crippen LogP contribution is -2.41. The minimum Gasteiger partial charge on any atom is -0.395 e. The van der Waals surface area contributed by atoms with Crippen LogP contribution >= 0.6 is 0 Å². The number of aliphatic hydroxyl groups is 1. The van der Waals surface area contributed by atoms with Gasteiger partial charge in [-0.3, -0.25) is 4.90 Å². The van der Waals surface area contributed by atoms with Gasteiger partial charge in [-0.2, -0.15) is 0 Å². The average Bonchev–Trinajstić information content (AvgIpc) is 2.95. The Bertz CT molecular complexity index is 407.